The third kappa shape index (κ3) is 4.74. The second kappa shape index (κ2) is 9.93. The number of hydrogen-bond acceptors (Lipinski definition) is 6. The Bertz CT molecular complexity index is 1120. The summed E-state index contributed by atoms with van der Waals surface area (Å²) in [4.78, 5) is 44.8. The summed E-state index contributed by atoms with van der Waals surface area (Å²) in [6.07, 6.45) is 0. The number of ether oxygens (including phenoxy) is 1. The Kier molecular flexibility index (Phi) is 7.44. The van der Waals surface area contributed by atoms with Crippen LogP contribution in [0.4, 0.5) is 0 Å². The number of likely N-dealkylation sites (tertiary alicyclic amines) is 1. The lowest BCUT2D eigenvalue weighted by Crippen LogP contribution is -2.35. The van der Waals surface area contributed by atoms with Gasteiger partial charge in [-0.15, -0.1) is 0 Å². The number of ketones is 1. The molecule has 8 nitrogen and oxygen atoms in total. The van der Waals surface area contributed by atoms with Crippen molar-refractivity contribution in [2.45, 2.75) is 26.8 Å². The Morgan fingerprint density at radius 3 is 2.42 bits per heavy atom. The van der Waals surface area contributed by atoms with Crippen molar-refractivity contribution in [2.75, 3.05) is 33.8 Å². The number of aryl methyl sites for hydroxylation is 1. The van der Waals surface area contributed by atoms with Crippen molar-refractivity contribution < 1.29 is 24.2 Å². The fraction of sp³-hybridized carbons (Fsp3) is 0.375. The number of aromatic nitrogens is 1. The molecule has 0 radical (unpaired) electrons. The van der Waals surface area contributed by atoms with E-state index in [4.69, 9.17) is 4.74 Å². The Hall–Kier alpha value is -2.91. The number of carbonyl (C=O) groups excluding carboxylic acids is 3. The molecule has 1 aromatic heterocycles. The first-order valence-corrected chi connectivity index (χ1v) is 11.4. The average molecular weight is 518 g/mol. The molecule has 1 saturated heterocycles. The average Bonchev–Trinajstić information content (AvgIpc) is 3.19. The van der Waals surface area contributed by atoms with Gasteiger partial charge < -0.3 is 24.6 Å². The number of nitrogens with one attached hydrogen (secondary N) is 1. The Labute approximate surface area is 201 Å². The normalized spacial score (nSPS) is 17.8. The topological polar surface area (TPSA) is 103 Å². The van der Waals surface area contributed by atoms with Crippen molar-refractivity contribution in [1.82, 2.24) is 14.8 Å². The van der Waals surface area contributed by atoms with Crippen LogP contribution in [0.5, 0.6) is 0 Å². The zero-order chi connectivity index (χ0) is 24.4. The molecule has 2 aromatic rings. The number of Topliss-reactive ketones (excluding diaryl/α,β-unsaturated/α-hetero) is 1. The van der Waals surface area contributed by atoms with Crippen LogP contribution in [0.3, 0.4) is 0 Å². The molecule has 1 aliphatic heterocycles. The molecule has 0 bridgehead atoms. The number of amides is 1. The number of rotatable bonds is 7. The molecule has 0 aliphatic carbocycles. The zero-order valence-electron chi connectivity index (χ0n) is 19.4. The summed E-state index contributed by atoms with van der Waals surface area (Å²) in [6, 6.07) is 6.53. The first kappa shape index (κ1) is 24.7. The van der Waals surface area contributed by atoms with Gasteiger partial charge in [-0.3, -0.25) is 9.59 Å². The molecule has 2 N–H and O–H groups in total. The van der Waals surface area contributed by atoms with Gasteiger partial charge in [0.05, 0.1) is 18.2 Å². The number of likely N-dealkylation sites (N-methyl/N-ethyl adjacent to an activating group) is 1. The molecule has 176 valence electrons. The van der Waals surface area contributed by atoms with Crippen molar-refractivity contribution in [3.8, 4) is 0 Å². The molecule has 1 atom stereocenters. The van der Waals surface area contributed by atoms with Gasteiger partial charge in [0.2, 0.25) is 0 Å². The van der Waals surface area contributed by atoms with E-state index in [2.05, 4.69) is 20.9 Å². The third-order valence-corrected chi connectivity index (χ3v) is 6.20. The number of esters is 1. The standard InChI is InChI=1S/C24H28BrN3O5/c1-6-33-24(32)19-13(2)17(14(3)26-19)21(29)18-20(15-7-9-16(25)10-8-15)28(12-11-27(4)5)23(31)22(18)30/h7-10,20,26,29H,6,11-12H2,1-5H3/t20-/m1/s1. The van der Waals surface area contributed by atoms with Crippen LogP contribution in [0.1, 0.15) is 45.8 Å². The number of nitrogens with zero attached hydrogens (tertiary/aromatic N) is 2. The van der Waals surface area contributed by atoms with Crippen LogP contribution in [0.2, 0.25) is 0 Å². The summed E-state index contributed by atoms with van der Waals surface area (Å²) in [5.41, 5.74) is 2.19. The van der Waals surface area contributed by atoms with Crippen LogP contribution in [0, 0.1) is 13.8 Å². The molecule has 0 spiro atoms. The summed E-state index contributed by atoms with van der Waals surface area (Å²) in [7, 11) is 3.77. The Morgan fingerprint density at radius 2 is 1.85 bits per heavy atom. The Balaban J connectivity index is 2.19. The zero-order valence-corrected chi connectivity index (χ0v) is 20.9. The predicted octanol–water partition coefficient (Wildman–Crippen LogP) is 3.55. The second-order valence-corrected chi connectivity index (χ2v) is 9.11. The number of hydrogen-bond donors (Lipinski definition) is 2. The van der Waals surface area contributed by atoms with Crippen LogP contribution >= 0.6 is 15.9 Å². The molecule has 1 amide bonds. The summed E-state index contributed by atoms with van der Waals surface area (Å²) >= 11 is 3.41. The van der Waals surface area contributed by atoms with Gasteiger partial charge >= 0.3 is 5.97 Å². The van der Waals surface area contributed by atoms with E-state index in [1.54, 1.807) is 20.8 Å². The van der Waals surface area contributed by atoms with E-state index in [0.29, 0.717) is 35.5 Å². The summed E-state index contributed by atoms with van der Waals surface area (Å²) < 4.78 is 5.94. The molecule has 0 saturated carbocycles. The highest BCUT2D eigenvalue weighted by atomic mass is 79.9. The number of aromatic amines is 1. The highest BCUT2D eigenvalue weighted by molar-refractivity contribution is 9.10. The van der Waals surface area contributed by atoms with E-state index in [-0.39, 0.29) is 23.6 Å². The maximum Gasteiger partial charge on any atom is 0.355 e. The van der Waals surface area contributed by atoms with Crippen molar-refractivity contribution in [2.24, 2.45) is 0 Å². The van der Waals surface area contributed by atoms with Gasteiger partial charge in [0.15, 0.2) is 0 Å². The van der Waals surface area contributed by atoms with Gasteiger partial charge in [-0.05, 0) is 58.1 Å². The largest absolute Gasteiger partial charge is 0.507 e. The van der Waals surface area contributed by atoms with Gasteiger partial charge in [0.1, 0.15) is 11.5 Å². The number of aliphatic hydroxyl groups excluding tert-OH is 1. The van der Waals surface area contributed by atoms with E-state index < -0.39 is 23.7 Å². The second-order valence-electron chi connectivity index (χ2n) is 8.19. The van der Waals surface area contributed by atoms with Crippen LogP contribution in [0.15, 0.2) is 34.3 Å². The lowest BCUT2D eigenvalue weighted by atomic mass is 9.94. The van der Waals surface area contributed by atoms with Crippen molar-refractivity contribution in [3.05, 3.63) is 62.4 Å². The summed E-state index contributed by atoms with van der Waals surface area (Å²) in [5.74, 6) is -2.27. The fourth-order valence-corrected chi connectivity index (χ4v) is 4.32. The maximum atomic E-state index is 13.2. The third-order valence-electron chi connectivity index (χ3n) is 5.67. The maximum absolute atomic E-state index is 13.2. The fourth-order valence-electron chi connectivity index (χ4n) is 4.06. The summed E-state index contributed by atoms with van der Waals surface area (Å²) in [6.45, 7) is 6.14. The molecule has 9 heteroatoms. The van der Waals surface area contributed by atoms with E-state index >= 15 is 0 Å². The van der Waals surface area contributed by atoms with Crippen LogP contribution < -0.4 is 0 Å². The van der Waals surface area contributed by atoms with Gasteiger partial charge in [-0.25, -0.2) is 4.79 Å². The van der Waals surface area contributed by atoms with Crippen LogP contribution in [-0.4, -0.2) is 71.3 Å². The monoisotopic (exact) mass is 517 g/mol. The molecular weight excluding hydrogens is 490 g/mol. The predicted molar refractivity (Wildman–Crippen MR) is 128 cm³/mol. The molecule has 1 aromatic carbocycles. The molecule has 2 heterocycles. The van der Waals surface area contributed by atoms with Gasteiger partial charge in [0, 0.05) is 28.8 Å². The van der Waals surface area contributed by atoms with E-state index in [0.717, 1.165) is 4.47 Å². The van der Waals surface area contributed by atoms with Gasteiger partial charge in [-0.1, -0.05) is 28.1 Å². The van der Waals surface area contributed by atoms with Crippen LogP contribution in [0.25, 0.3) is 5.76 Å². The van der Waals surface area contributed by atoms with E-state index in [9.17, 15) is 19.5 Å². The molecule has 3 rings (SSSR count). The molecular formula is C24H28BrN3O5. The lowest BCUT2D eigenvalue weighted by Gasteiger charge is -2.26. The first-order chi connectivity index (χ1) is 15.6. The number of aliphatic hydroxyl groups is 1. The minimum absolute atomic E-state index is 0.00156. The number of halogens is 1. The highest BCUT2D eigenvalue weighted by Crippen LogP contribution is 2.41. The van der Waals surface area contributed by atoms with Crippen molar-refractivity contribution >= 4 is 39.3 Å². The van der Waals surface area contributed by atoms with Gasteiger partial charge in [0.25, 0.3) is 11.7 Å². The van der Waals surface area contributed by atoms with Crippen molar-refractivity contribution in [1.29, 1.82) is 0 Å². The lowest BCUT2D eigenvalue weighted by molar-refractivity contribution is -0.140. The van der Waals surface area contributed by atoms with Crippen LogP contribution in [-0.2, 0) is 14.3 Å². The van der Waals surface area contributed by atoms with Crippen molar-refractivity contribution in [3.63, 3.8) is 0 Å². The quantitative estimate of drug-likeness (QED) is 0.252. The van der Waals surface area contributed by atoms with E-state index in [1.165, 1.54) is 4.90 Å². The van der Waals surface area contributed by atoms with E-state index in [1.807, 2.05) is 43.3 Å². The number of carbonyl (C=O) groups is 3. The molecule has 1 aliphatic rings. The summed E-state index contributed by atoms with van der Waals surface area (Å²) in [5, 5.41) is 11.4. The first-order valence-electron chi connectivity index (χ1n) is 10.6. The number of benzene rings is 1. The Morgan fingerprint density at radius 1 is 1.21 bits per heavy atom. The van der Waals surface area contributed by atoms with Gasteiger partial charge in [-0.2, -0.15) is 0 Å². The number of H-pyrrole nitrogens is 1. The SMILES string of the molecule is CCOC(=O)c1[nH]c(C)c(C(O)=C2C(=O)C(=O)N(CCN(C)C)[C@@H]2c2ccc(Br)cc2)c1C. The molecule has 33 heavy (non-hydrogen) atoms. The minimum atomic E-state index is -0.753. The minimum Gasteiger partial charge on any atom is -0.507 e. The highest BCUT2D eigenvalue weighted by Gasteiger charge is 2.46. The smallest absolute Gasteiger partial charge is 0.355 e. The molecule has 1 fully saturated rings. The molecule has 0 unspecified atom stereocenters.